The van der Waals surface area contributed by atoms with Crippen LogP contribution in [-0.4, -0.2) is 35.7 Å². The number of aliphatic hydroxyl groups excluding tert-OH is 1. The van der Waals surface area contributed by atoms with Gasteiger partial charge in [-0.3, -0.25) is 0 Å². The zero-order valence-electron chi connectivity index (χ0n) is 11.5. The maximum Gasteiger partial charge on any atom is 0.419 e. The zero-order valence-corrected chi connectivity index (χ0v) is 11.5. The summed E-state index contributed by atoms with van der Waals surface area (Å²) in [6.07, 6.45) is -4.62. The second-order valence-corrected chi connectivity index (χ2v) is 4.50. The molecule has 0 aliphatic heterocycles. The molecule has 3 nitrogen and oxygen atoms in total. The van der Waals surface area contributed by atoms with Crippen molar-refractivity contribution in [3.8, 4) is 5.75 Å². The fourth-order valence-electron chi connectivity index (χ4n) is 1.88. The maximum atomic E-state index is 13.6. The van der Waals surface area contributed by atoms with Gasteiger partial charge in [0.05, 0.1) is 13.7 Å². The third-order valence-corrected chi connectivity index (χ3v) is 3.14. The van der Waals surface area contributed by atoms with Crippen molar-refractivity contribution in [3.63, 3.8) is 0 Å². The van der Waals surface area contributed by atoms with Crippen molar-refractivity contribution >= 4 is 5.57 Å². The molecule has 21 heavy (non-hydrogen) atoms. The number of benzene rings is 1. The van der Waals surface area contributed by atoms with Crippen molar-refractivity contribution in [1.82, 2.24) is 0 Å². The van der Waals surface area contributed by atoms with Crippen LogP contribution >= 0.6 is 0 Å². The van der Waals surface area contributed by atoms with Crippen LogP contribution in [0.15, 0.2) is 24.3 Å². The van der Waals surface area contributed by atoms with Crippen molar-refractivity contribution in [1.29, 1.82) is 0 Å². The van der Waals surface area contributed by atoms with Crippen LogP contribution in [0, 0.1) is 5.82 Å². The molecule has 0 aliphatic rings. The summed E-state index contributed by atoms with van der Waals surface area (Å²) in [6, 6.07) is 3.81. The van der Waals surface area contributed by atoms with Crippen LogP contribution in [0.25, 0.3) is 5.57 Å². The van der Waals surface area contributed by atoms with E-state index >= 15 is 0 Å². The van der Waals surface area contributed by atoms with Crippen molar-refractivity contribution in [2.24, 2.45) is 0 Å². The van der Waals surface area contributed by atoms with E-state index in [4.69, 9.17) is 9.84 Å². The molecular weight excluding hydrogens is 292 g/mol. The number of allylic oxidation sites excluding steroid dienone is 1. The zero-order chi connectivity index (χ0) is 16.3. The van der Waals surface area contributed by atoms with Gasteiger partial charge in [0.25, 0.3) is 0 Å². The van der Waals surface area contributed by atoms with E-state index in [1.807, 2.05) is 0 Å². The van der Waals surface area contributed by atoms with Gasteiger partial charge in [0.2, 0.25) is 0 Å². The summed E-state index contributed by atoms with van der Waals surface area (Å²) >= 11 is 0. The molecule has 1 rings (SSSR count). The van der Waals surface area contributed by atoms with E-state index in [0.29, 0.717) is 0 Å². The minimum Gasteiger partial charge on any atom is -0.493 e. The monoisotopic (exact) mass is 308 g/mol. The lowest BCUT2D eigenvalue weighted by Gasteiger charge is -2.29. The number of para-hydroxylation sites is 1. The van der Waals surface area contributed by atoms with Gasteiger partial charge >= 0.3 is 6.18 Å². The summed E-state index contributed by atoms with van der Waals surface area (Å²) in [4.78, 5) is 0. The molecule has 0 saturated carbocycles. The minimum atomic E-state index is -5.02. The molecule has 118 valence electrons. The topological polar surface area (TPSA) is 49.7 Å². The van der Waals surface area contributed by atoms with Crippen LogP contribution in [0.5, 0.6) is 5.75 Å². The Morgan fingerprint density at radius 1 is 1.33 bits per heavy atom. The number of ether oxygens (including phenoxy) is 1. The third kappa shape index (κ3) is 3.54. The molecule has 1 aromatic rings. The number of methoxy groups -OCH3 is 1. The molecule has 0 aromatic heterocycles. The molecule has 0 amide bonds. The Morgan fingerprint density at radius 3 is 2.38 bits per heavy atom. The van der Waals surface area contributed by atoms with Gasteiger partial charge in [0.1, 0.15) is 0 Å². The van der Waals surface area contributed by atoms with E-state index in [0.717, 1.165) is 6.07 Å². The first kappa shape index (κ1) is 17.5. The van der Waals surface area contributed by atoms with Gasteiger partial charge in [-0.15, -0.1) is 0 Å². The number of hydrogen-bond acceptors (Lipinski definition) is 3. The fraction of sp³-hybridized carbons (Fsp3) is 0.429. The molecule has 2 N–H and O–H groups in total. The smallest absolute Gasteiger partial charge is 0.419 e. The highest BCUT2D eigenvalue weighted by molar-refractivity contribution is 5.71. The van der Waals surface area contributed by atoms with E-state index in [2.05, 4.69) is 0 Å². The Labute approximate surface area is 119 Å². The molecule has 1 aromatic carbocycles. The molecular formula is C14H16F4O3. The van der Waals surface area contributed by atoms with Gasteiger partial charge in [-0.1, -0.05) is 18.2 Å². The first-order chi connectivity index (χ1) is 9.70. The van der Waals surface area contributed by atoms with Crippen LogP contribution < -0.4 is 4.74 Å². The van der Waals surface area contributed by atoms with Gasteiger partial charge in [-0.05, 0) is 18.6 Å². The highest BCUT2D eigenvalue weighted by atomic mass is 19.4. The lowest BCUT2D eigenvalue weighted by molar-refractivity contribution is -0.268. The standard InChI is InChI=1S/C14H16F4O3/c1-3-9(7-13(20,8-19)14(16,17)18)10-5-4-6-11(15)12(10)21-2/h3-6,19-20H,7-8H2,1-2H3/b9-3-. The predicted octanol–water partition coefficient (Wildman–Crippen LogP) is 2.91. The summed E-state index contributed by atoms with van der Waals surface area (Å²) < 4.78 is 57.0. The van der Waals surface area contributed by atoms with Gasteiger partial charge in [0, 0.05) is 12.0 Å². The quantitative estimate of drug-likeness (QED) is 0.822. The molecule has 0 fully saturated rings. The van der Waals surface area contributed by atoms with Gasteiger partial charge < -0.3 is 14.9 Å². The largest absolute Gasteiger partial charge is 0.493 e. The molecule has 0 spiro atoms. The highest BCUT2D eigenvalue weighted by Crippen LogP contribution is 2.40. The molecule has 0 bridgehead atoms. The fourth-order valence-corrected chi connectivity index (χ4v) is 1.88. The summed E-state index contributed by atoms with van der Waals surface area (Å²) in [5.74, 6) is -0.943. The van der Waals surface area contributed by atoms with Crippen LogP contribution in [-0.2, 0) is 0 Å². The van der Waals surface area contributed by atoms with E-state index in [9.17, 15) is 22.7 Å². The first-order valence-electron chi connectivity index (χ1n) is 6.08. The Kier molecular flexibility index (Phi) is 5.36. The lowest BCUT2D eigenvalue weighted by atomic mass is 9.90. The Balaban J connectivity index is 3.26. The van der Waals surface area contributed by atoms with E-state index in [1.165, 1.54) is 32.2 Å². The number of alkyl halides is 3. The molecule has 0 heterocycles. The first-order valence-corrected chi connectivity index (χ1v) is 6.08. The van der Waals surface area contributed by atoms with Crippen LogP contribution in [0.2, 0.25) is 0 Å². The Bertz CT molecular complexity index is 525. The van der Waals surface area contributed by atoms with Crippen LogP contribution in [0.1, 0.15) is 18.9 Å². The van der Waals surface area contributed by atoms with Crippen LogP contribution in [0.4, 0.5) is 17.6 Å². The summed E-state index contributed by atoms with van der Waals surface area (Å²) in [6.45, 7) is -0.0423. The molecule has 7 heteroatoms. The third-order valence-electron chi connectivity index (χ3n) is 3.14. The van der Waals surface area contributed by atoms with Gasteiger partial charge in [0.15, 0.2) is 17.2 Å². The van der Waals surface area contributed by atoms with Crippen molar-refractivity contribution < 1.29 is 32.5 Å². The predicted molar refractivity (Wildman–Crippen MR) is 69.3 cm³/mol. The second kappa shape index (κ2) is 6.44. The van der Waals surface area contributed by atoms with E-state index < -0.39 is 30.6 Å². The van der Waals surface area contributed by atoms with E-state index in [1.54, 1.807) is 0 Å². The van der Waals surface area contributed by atoms with Crippen LogP contribution in [0.3, 0.4) is 0 Å². The molecule has 1 atom stereocenters. The number of aliphatic hydroxyl groups is 2. The average Bonchev–Trinajstić information content (AvgIpc) is 2.43. The number of hydrogen-bond donors (Lipinski definition) is 2. The molecule has 1 unspecified atom stereocenters. The normalized spacial score (nSPS) is 15.7. The average molecular weight is 308 g/mol. The molecule has 0 aliphatic carbocycles. The maximum absolute atomic E-state index is 13.6. The van der Waals surface area contributed by atoms with E-state index in [-0.39, 0.29) is 16.9 Å². The number of rotatable bonds is 5. The van der Waals surface area contributed by atoms with Gasteiger partial charge in [-0.2, -0.15) is 13.2 Å². The highest BCUT2D eigenvalue weighted by Gasteiger charge is 2.53. The summed E-state index contributed by atoms with van der Waals surface area (Å²) in [5, 5.41) is 18.5. The lowest BCUT2D eigenvalue weighted by Crippen LogP contribution is -2.48. The SMILES string of the molecule is C/C=C(/CC(O)(CO)C(F)(F)F)c1cccc(F)c1OC. The number of halogens is 4. The Hall–Kier alpha value is -1.60. The summed E-state index contributed by atoms with van der Waals surface area (Å²) in [7, 11) is 1.19. The van der Waals surface area contributed by atoms with Crippen molar-refractivity contribution in [2.45, 2.75) is 25.1 Å². The Morgan fingerprint density at radius 2 is 1.95 bits per heavy atom. The molecule has 0 saturated heterocycles. The summed E-state index contributed by atoms with van der Waals surface area (Å²) in [5.41, 5.74) is -3.19. The minimum absolute atomic E-state index is 0.0141. The second-order valence-electron chi connectivity index (χ2n) is 4.50. The van der Waals surface area contributed by atoms with Gasteiger partial charge in [-0.25, -0.2) is 4.39 Å². The van der Waals surface area contributed by atoms with Crippen molar-refractivity contribution in [3.05, 3.63) is 35.7 Å². The molecule has 0 radical (unpaired) electrons. The van der Waals surface area contributed by atoms with Crippen molar-refractivity contribution in [2.75, 3.05) is 13.7 Å².